The third kappa shape index (κ3) is 3.38. The Kier molecular flexibility index (Phi) is 3.99. The molecule has 2 rings (SSSR count). The Morgan fingerprint density at radius 3 is 2.52 bits per heavy atom. The van der Waals surface area contributed by atoms with E-state index in [0.29, 0.717) is 0 Å². The molecule has 0 heterocycles. The fourth-order valence-electron chi connectivity index (χ4n) is 1.87. The molecular formula is C13H14FNO5S. The van der Waals surface area contributed by atoms with Crippen molar-refractivity contribution in [1.29, 1.82) is 0 Å². The standard InChI is InChI=1S/C13H14FNO5S/c1-15(8-2-3-8)12(16)7-21(19,20)9-4-5-11(14)10(6-9)13(17)18/h4-6,8H,2-3,7H2,1H3,(H,17,18). The van der Waals surface area contributed by atoms with Gasteiger partial charge in [0.2, 0.25) is 5.91 Å². The molecule has 1 aliphatic carbocycles. The van der Waals surface area contributed by atoms with E-state index in [9.17, 15) is 22.4 Å². The molecule has 1 aromatic carbocycles. The lowest BCUT2D eigenvalue weighted by Crippen LogP contribution is -2.34. The predicted octanol–water partition coefficient (Wildman–Crippen LogP) is 0.918. The fraction of sp³-hybridized carbons (Fsp3) is 0.385. The van der Waals surface area contributed by atoms with Gasteiger partial charge in [0.15, 0.2) is 9.84 Å². The van der Waals surface area contributed by atoms with Crippen molar-refractivity contribution in [1.82, 2.24) is 4.90 Å². The molecule has 0 spiro atoms. The molecule has 0 unspecified atom stereocenters. The smallest absolute Gasteiger partial charge is 0.338 e. The summed E-state index contributed by atoms with van der Waals surface area (Å²) in [5.41, 5.74) is -0.737. The molecule has 1 amide bonds. The molecule has 0 radical (unpaired) electrons. The normalized spacial score (nSPS) is 14.8. The molecule has 1 fully saturated rings. The summed E-state index contributed by atoms with van der Waals surface area (Å²) in [5, 5.41) is 8.80. The summed E-state index contributed by atoms with van der Waals surface area (Å²) in [4.78, 5) is 23.7. The van der Waals surface area contributed by atoms with Crippen LogP contribution in [0.3, 0.4) is 0 Å². The van der Waals surface area contributed by atoms with Crippen molar-refractivity contribution in [3.8, 4) is 0 Å². The Labute approximate surface area is 121 Å². The highest BCUT2D eigenvalue weighted by molar-refractivity contribution is 7.92. The van der Waals surface area contributed by atoms with Gasteiger partial charge in [0.25, 0.3) is 0 Å². The van der Waals surface area contributed by atoms with Crippen LogP contribution in [0.15, 0.2) is 23.1 Å². The van der Waals surface area contributed by atoms with Crippen molar-refractivity contribution >= 4 is 21.7 Å². The molecule has 114 valence electrons. The number of hydrogen-bond acceptors (Lipinski definition) is 4. The molecule has 1 aliphatic rings. The molecular weight excluding hydrogens is 301 g/mol. The Morgan fingerprint density at radius 2 is 2.00 bits per heavy atom. The van der Waals surface area contributed by atoms with Gasteiger partial charge in [-0.05, 0) is 31.0 Å². The molecule has 0 aromatic heterocycles. The lowest BCUT2D eigenvalue weighted by Gasteiger charge is -2.16. The van der Waals surface area contributed by atoms with Gasteiger partial charge in [-0.3, -0.25) is 4.79 Å². The zero-order valence-electron chi connectivity index (χ0n) is 11.2. The number of sulfone groups is 1. The first-order chi connectivity index (χ1) is 9.72. The summed E-state index contributed by atoms with van der Waals surface area (Å²) in [7, 11) is -2.47. The van der Waals surface area contributed by atoms with E-state index in [1.165, 1.54) is 11.9 Å². The van der Waals surface area contributed by atoms with Crippen LogP contribution in [-0.2, 0) is 14.6 Å². The lowest BCUT2D eigenvalue weighted by molar-refractivity contribution is -0.127. The van der Waals surface area contributed by atoms with E-state index in [1.807, 2.05) is 0 Å². The van der Waals surface area contributed by atoms with Crippen molar-refractivity contribution in [3.05, 3.63) is 29.6 Å². The summed E-state index contributed by atoms with van der Waals surface area (Å²) in [6.45, 7) is 0. The summed E-state index contributed by atoms with van der Waals surface area (Å²) in [6, 6.07) is 2.54. The Balaban J connectivity index is 2.25. The van der Waals surface area contributed by atoms with Gasteiger partial charge in [-0.2, -0.15) is 0 Å². The van der Waals surface area contributed by atoms with E-state index in [0.717, 1.165) is 31.0 Å². The first-order valence-electron chi connectivity index (χ1n) is 6.23. The van der Waals surface area contributed by atoms with Crippen LogP contribution in [0.5, 0.6) is 0 Å². The van der Waals surface area contributed by atoms with Gasteiger partial charge < -0.3 is 10.0 Å². The minimum absolute atomic E-state index is 0.0792. The van der Waals surface area contributed by atoms with Crippen molar-refractivity contribution in [2.24, 2.45) is 0 Å². The first-order valence-corrected chi connectivity index (χ1v) is 7.89. The van der Waals surface area contributed by atoms with Crippen LogP contribution >= 0.6 is 0 Å². The number of nitrogens with zero attached hydrogens (tertiary/aromatic N) is 1. The van der Waals surface area contributed by atoms with Gasteiger partial charge in [0, 0.05) is 13.1 Å². The van der Waals surface area contributed by atoms with E-state index in [1.54, 1.807) is 0 Å². The largest absolute Gasteiger partial charge is 0.478 e. The number of rotatable bonds is 5. The van der Waals surface area contributed by atoms with E-state index in [-0.39, 0.29) is 10.9 Å². The van der Waals surface area contributed by atoms with Gasteiger partial charge in [-0.1, -0.05) is 0 Å². The Morgan fingerprint density at radius 1 is 1.38 bits per heavy atom. The number of carboxylic acids is 1. The van der Waals surface area contributed by atoms with Crippen LogP contribution in [0.25, 0.3) is 0 Å². The van der Waals surface area contributed by atoms with Gasteiger partial charge in [0.05, 0.1) is 10.5 Å². The van der Waals surface area contributed by atoms with Gasteiger partial charge in [0.1, 0.15) is 11.6 Å². The van der Waals surface area contributed by atoms with Crippen LogP contribution in [0, 0.1) is 5.82 Å². The monoisotopic (exact) mass is 315 g/mol. The summed E-state index contributed by atoms with van der Waals surface area (Å²) in [5.74, 6) is -3.91. The van der Waals surface area contributed by atoms with Crippen molar-refractivity contribution in [2.75, 3.05) is 12.8 Å². The number of benzene rings is 1. The number of amides is 1. The van der Waals surface area contributed by atoms with Crippen LogP contribution in [-0.4, -0.2) is 49.1 Å². The molecule has 0 aliphatic heterocycles. The van der Waals surface area contributed by atoms with E-state index < -0.39 is 38.8 Å². The predicted molar refractivity (Wildman–Crippen MR) is 71.2 cm³/mol. The average Bonchev–Trinajstić information content (AvgIpc) is 3.21. The number of carbonyl (C=O) groups excluding carboxylic acids is 1. The molecule has 0 atom stereocenters. The second kappa shape index (κ2) is 5.44. The molecule has 1 aromatic rings. The number of hydrogen-bond donors (Lipinski definition) is 1. The molecule has 1 saturated carbocycles. The second-order valence-corrected chi connectivity index (χ2v) is 6.93. The maximum atomic E-state index is 13.3. The van der Waals surface area contributed by atoms with Crippen LogP contribution < -0.4 is 0 Å². The van der Waals surface area contributed by atoms with Crippen molar-refractivity contribution in [3.63, 3.8) is 0 Å². The minimum atomic E-state index is -4.00. The Hall–Kier alpha value is -1.96. The molecule has 21 heavy (non-hydrogen) atoms. The maximum Gasteiger partial charge on any atom is 0.338 e. The van der Waals surface area contributed by atoms with E-state index >= 15 is 0 Å². The highest BCUT2D eigenvalue weighted by atomic mass is 32.2. The lowest BCUT2D eigenvalue weighted by atomic mass is 10.2. The van der Waals surface area contributed by atoms with E-state index in [4.69, 9.17) is 5.11 Å². The SMILES string of the molecule is CN(C(=O)CS(=O)(=O)c1ccc(F)c(C(=O)O)c1)C1CC1. The topological polar surface area (TPSA) is 91.8 Å². The highest BCUT2D eigenvalue weighted by Gasteiger charge is 2.32. The number of carbonyl (C=O) groups is 2. The molecule has 1 N–H and O–H groups in total. The van der Waals surface area contributed by atoms with Crippen LogP contribution in [0.1, 0.15) is 23.2 Å². The van der Waals surface area contributed by atoms with Gasteiger partial charge in [-0.25, -0.2) is 17.6 Å². The summed E-state index contributed by atoms with van der Waals surface area (Å²) < 4.78 is 37.5. The minimum Gasteiger partial charge on any atom is -0.478 e. The highest BCUT2D eigenvalue weighted by Crippen LogP contribution is 2.26. The van der Waals surface area contributed by atoms with Gasteiger partial charge >= 0.3 is 5.97 Å². The fourth-order valence-corrected chi connectivity index (χ4v) is 3.14. The van der Waals surface area contributed by atoms with Crippen molar-refractivity contribution in [2.45, 2.75) is 23.8 Å². The second-order valence-electron chi connectivity index (χ2n) is 4.94. The van der Waals surface area contributed by atoms with Crippen LogP contribution in [0.4, 0.5) is 4.39 Å². The third-order valence-electron chi connectivity index (χ3n) is 3.33. The Bertz CT molecular complexity index is 697. The number of carboxylic acid groups (broad SMARTS) is 1. The average molecular weight is 315 g/mol. The van der Waals surface area contributed by atoms with E-state index in [2.05, 4.69) is 0 Å². The molecule has 0 bridgehead atoms. The molecule has 0 saturated heterocycles. The quantitative estimate of drug-likeness (QED) is 0.816. The summed E-state index contributed by atoms with van der Waals surface area (Å²) in [6.07, 6.45) is 1.70. The van der Waals surface area contributed by atoms with Crippen molar-refractivity contribution < 1.29 is 27.5 Å². The molecule has 6 nitrogen and oxygen atoms in total. The zero-order chi connectivity index (χ0) is 15.8. The molecule has 8 heteroatoms. The van der Waals surface area contributed by atoms with Crippen LogP contribution in [0.2, 0.25) is 0 Å². The maximum absolute atomic E-state index is 13.3. The summed E-state index contributed by atoms with van der Waals surface area (Å²) >= 11 is 0. The third-order valence-corrected chi connectivity index (χ3v) is 4.93. The first kappa shape index (κ1) is 15.4. The number of halogens is 1. The van der Waals surface area contributed by atoms with Gasteiger partial charge in [-0.15, -0.1) is 0 Å². The number of aromatic carboxylic acids is 1. The zero-order valence-corrected chi connectivity index (χ0v) is 12.1.